The molecule has 1 atom stereocenters. The van der Waals surface area contributed by atoms with Crippen LogP contribution >= 0.6 is 0 Å². The lowest BCUT2D eigenvalue weighted by Gasteiger charge is -2.02. The summed E-state index contributed by atoms with van der Waals surface area (Å²) in [6.07, 6.45) is 0.199. The van der Waals surface area contributed by atoms with Crippen LogP contribution in [0.1, 0.15) is 15.9 Å². The van der Waals surface area contributed by atoms with Crippen molar-refractivity contribution >= 4 is 5.91 Å². The molecule has 13 heavy (non-hydrogen) atoms. The molecular formula is C9H10N2O2. The Hall–Kier alpha value is -1.55. The summed E-state index contributed by atoms with van der Waals surface area (Å²) in [6, 6.07) is 5.20. The summed E-state index contributed by atoms with van der Waals surface area (Å²) in [5.41, 5.74) is 12.1. The number of hydrogen-bond donors (Lipinski definition) is 2. The van der Waals surface area contributed by atoms with E-state index in [2.05, 4.69) is 0 Å². The van der Waals surface area contributed by atoms with Crippen molar-refractivity contribution in [2.24, 2.45) is 11.5 Å². The average Bonchev–Trinajstić information content (AvgIpc) is 2.43. The number of amides is 1. The first kappa shape index (κ1) is 8.07. The highest BCUT2D eigenvalue weighted by Crippen LogP contribution is 2.29. The molecule has 0 fully saturated rings. The van der Waals surface area contributed by atoms with E-state index in [4.69, 9.17) is 16.2 Å². The molecule has 1 unspecified atom stereocenters. The third kappa shape index (κ3) is 1.25. The van der Waals surface area contributed by atoms with Crippen LogP contribution in [0.5, 0.6) is 5.75 Å². The second kappa shape index (κ2) is 2.74. The maximum atomic E-state index is 11.0. The zero-order valence-electron chi connectivity index (χ0n) is 6.99. The average molecular weight is 178 g/mol. The van der Waals surface area contributed by atoms with Crippen molar-refractivity contribution in [1.82, 2.24) is 0 Å². The predicted molar refractivity (Wildman–Crippen MR) is 47.3 cm³/mol. The van der Waals surface area contributed by atoms with E-state index < -0.39 is 5.91 Å². The van der Waals surface area contributed by atoms with E-state index in [1.165, 1.54) is 0 Å². The highest BCUT2D eigenvalue weighted by Gasteiger charge is 2.23. The molecule has 0 radical (unpaired) electrons. The summed E-state index contributed by atoms with van der Waals surface area (Å²) in [7, 11) is 0. The van der Waals surface area contributed by atoms with E-state index in [0.717, 1.165) is 5.56 Å². The van der Waals surface area contributed by atoms with Gasteiger partial charge in [0.2, 0.25) is 5.91 Å². The number of carbonyl (C=O) groups is 1. The van der Waals surface area contributed by atoms with E-state index in [1.54, 1.807) is 18.2 Å². The molecule has 4 N–H and O–H groups in total. The summed E-state index contributed by atoms with van der Waals surface area (Å²) in [5, 5.41) is 0. The first-order valence-electron chi connectivity index (χ1n) is 4.02. The molecule has 0 saturated heterocycles. The molecule has 1 heterocycles. The quantitative estimate of drug-likeness (QED) is 0.635. The number of carbonyl (C=O) groups excluding carboxylic acids is 1. The van der Waals surface area contributed by atoms with E-state index in [1.807, 2.05) is 0 Å². The number of hydrogen-bond acceptors (Lipinski definition) is 3. The van der Waals surface area contributed by atoms with Crippen molar-refractivity contribution < 1.29 is 9.53 Å². The van der Waals surface area contributed by atoms with Crippen LogP contribution in [0.4, 0.5) is 0 Å². The molecule has 2 rings (SSSR count). The Kier molecular flexibility index (Phi) is 1.70. The molecule has 68 valence electrons. The van der Waals surface area contributed by atoms with Gasteiger partial charge >= 0.3 is 0 Å². The Labute approximate surface area is 75.5 Å². The smallest absolute Gasteiger partial charge is 0.249 e. The molecule has 1 amide bonds. The van der Waals surface area contributed by atoms with Gasteiger partial charge in [0, 0.05) is 17.5 Å². The van der Waals surface area contributed by atoms with Crippen LogP contribution in [-0.2, 0) is 6.42 Å². The number of primary amides is 1. The molecular weight excluding hydrogens is 168 g/mol. The van der Waals surface area contributed by atoms with Crippen molar-refractivity contribution in [3.05, 3.63) is 29.3 Å². The lowest BCUT2D eigenvalue weighted by Crippen LogP contribution is -2.24. The van der Waals surface area contributed by atoms with E-state index in [0.29, 0.717) is 17.7 Å². The normalized spacial score (nSPS) is 19.3. The third-order valence-corrected chi connectivity index (χ3v) is 2.08. The summed E-state index contributed by atoms with van der Waals surface area (Å²) < 4.78 is 5.27. The second-order valence-electron chi connectivity index (χ2n) is 3.01. The number of ether oxygens (including phenoxy) is 1. The van der Waals surface area contributed by atoms with Gasteiger partial charge in [0.1, 0.15) is 5.75 Å². The fourth-order valence-corrected chi connectivity index (χ4v) is 1.52. The summed E-state index contributed by atoms with van der Waals surface area (Å²) in [5.74, 6) is 0.235. The Bertz CT molecular complexity index is 363. The van der Waals surface area contributed by atoms with Crippen LogP contribution in [0.2, 0.25) is 0 Å². The lowest BCUT2D eigenvalue weighted by molar-refractivity contribution is 0.0999. The molecule has 4 nitrogen and oxygen atoms in total. The highest BCUT2D eigenvalue weighted by molar-refractivity contribution is 5.95. The molecule has 1 aliphatic rings. The number of benzene rings is 1. The van der Waals surface area contributed by atoms with Crippen LogP contribution in [0.25, 0.3) is 0 Å². The minimum absolute atomic E-state index is 0.351. The van der Waals surface area contributed by atoms with Crippen molar-refractivity contribution in [2.45, 2.75) is 12.6 Å². The fourth-order valence-electron chi connectivity index (χ4n) is 1.52. The van der Waals surface area contributed by atoms with Gasteiger partial charge in [0.05, 0.1) is 0 Å². The van der Waals surface area contributed by atoms with Gasteiger partial charge in [-0.15, -0.1) is 0 Å². The molecule has 0 saturated carbocycles. The molecule has 0 bridgehead atoms. The summed E-state index contributed by atoms with van der Waals surface area (Å²) in [4.78, 5) is 11.0. The number of rotatable bonds is 1. The van der Waals surface area contributed by atoms with Gasteiger partial charge in [-0.3, -0.25) is 10.5 Å². The summed E-state index contributed by atoms with van der Waals surface area (Å²) >= 11 is 0. The van der Waals surface area contributed by atoms with E-state index >= 15 is 0 Å². The zero-order valence-corrected chi connectivity index (χ0v) is 6.99. The largest absolute Gasteiger partial charge is 0.475 e. The number of nitrogens with two attached hydrogens (primary N) is 2. The van der Waals surface area contributed by atoms with E-state index in [9.17, 15) is 4.79 Å². The van der Waals surface area contributed by atoms with Crippen molar-refractivity contribution in [1.29, 1.82) is 0 Å². The topological polar surface area (TPSA) is 78.3 Å². The van der Waals surface area contributed by atoms with Gasteiger partial charge in [-0.05, 0) is 12.1 Å². The molecule has 0 aliphatic carbocycles. The zero-order chi connectivity index (χ0) is 9.42. The van der Waals surface area contributed by atoms with Gasteiger partial charge in [-0.1, -0.05) is 6.07 Å². The van der Waals surface area contributed by atoms with Crippen molar-refractivity contribution in [3.8, 4) is 5.75 Å². The molecule has 0 aromatic heterocycles. The van der Waals surface area contributed by atoms with Gasteiger partial charge in [-0.2, -0.15) is 0 Å². The maximum absolute atomic E-state index is 11.0. The van der Waals surface area contributed by atoms with Crippen molar-refractivity contribution in [3.63, 3.8) is 0 Å². The molecule has 4 heteroatoms. The minimum atomic E-state index is -0.436. The van der Waals surface area contributed by atoms with Crippen LogP contribution < -0.4 is 16.2 Å². The first-order chi connectivity index (χ1) is 6.18. The van der Waals surface area contributed by atoms with Crippen molar-refractivity contribution in [2.75, 3.05) is 0 Å². The molecule has 1 aliphatic heterocycles. The SMILES string of the molecule is NC(=O)c1cccc2c1CC(N)O2. The standard InChI is InChI=1S/C9H10N2O2/c10-8-4-6-5(9(11)12)2-1-3-7(6)13-8/h1-3,8H,4,10H2,(H2,11,12). The van der Waals surface area contributed by atoms with Gasteiger partial charge in [-0.25, -0.2) is 0 Å². The minimum Gasteiger partial charge on any atom is -0.475 e. The van der Waals surface area contributed by atoms with Gasteiger partial charge < -0.3 is 10.5 Å². The van der Waals surface area contributed by atoms with Crippen LogP contribution in [0.15, 0.2) is 18.2 Å². The first-order valence-corrected chi connectivity index (χ1v) is 4.02. The van der Waals surface area contributed by atoms with Crippen LogP contribution in [0.3, 0.4) is 0 Å². The maximum Gasteiger partial charge on any atom is 0.249 e. The van der Waals surface area contributed by atoms with Gasteiger partial charge in [0.15, 0.2) is 6.23 Å². The third-order valence-electron chi connectivity index (χ3n) is 2.08. The molecule has 0 spiro atoms. The summed E-state index contributed by atoms with van der Waals surface area (Å²) in [6.45, 7) is 0. The van der Waals surface area contributed by atoms with E-state index in [-0.39, 0.29) is 6.23 Å². The Morgan fingerprint density at radius 3 is 3.00 bits per heavy atom. The Morgan fingerprint density at radius 1 is 1.54 bits per heavy atom. The van der Waals surface area contributed by atoms with Crippen LogP contribution in [-0.4, -0.2) is 12.1 Å². The molecule has 1 aromatic carbocycles. The highest BCUT2D eigenvalue weighted by atomic mass is 16.5. The Morgan fingerprint density at radius 2 is 2.31 bits per heavy atom. The lowest BCUT2D eigenvalue weighted by atomic mass is 10.0. The van der Waals surface area contributed by atoms with Crippen LogP contribution in [0, 0.1) is 0 Å². The van der Waals surface area contributed by atoms with Gasteiger partial charge in [0.25, 0.3) is 0 Å². The monoisotopic (exact) mass is 178 g/mol. The molecule has 1 aromatic rings. The Balaban J connectivity index is 2.51. The second-order valence-corrected chi connectivity index (χ2v) is 3.01. The predicted octanol–water partition coefficient (Wildman–Crippen LogP) is 0.00520. The number of fused-ring (bicyclic) bond motifs is 1. The fraction of sp³-hybridized carbons (Fsp3) is 0.222.